The molecule has 0 aromatic heterocycles. The van der Waals surface area contributed by atoms with Crippen molar-refractivity contribution in [1.82, 2.24) is 5.32 Å². The number of nitrogens with one attached hydrogen (secondary N) is 1. The standard InChI is InChI=1S/C16H20N2O5/c19-15(9-11-5-1-2-6-11)17-13(16(20)21)10-12-7-3-4-8-14(12)18(22)23/h3-4,7-8,11,13H,1-2,5-6,9-10H2,(H,17,19)(H,20,21)/t13-/m1/s1. The molecule has 0 spiro atoms. The number of carboxylic acids is 1. The highest BCUT2D eigenvalue weighted by Crippen LogP contribution is 2.27. The number of nitro groups is 1. The van der Waals surface area contributed by atoms with E-state index < -0.39 is 16.9 Å². The molecule has 0 saturated heterocycles. The van der Waals surface area contributed by atoms with Gasteiger partial charge in [0.05, 0.1) is 4.92 Å². The Balaban J connectivity index is 2.02. The lowest BCUT2D eigenvalue weighted by atomic mass is 10.0. The lowest BCUT2D eigenvalue weighted by Gasteiger charge is -2.16. The first-order valence-electron chi connectivity index (χ1n) is 7.72. The van der Waals surface area contributed by atoms with Crippen LogP contribution in [0.4, 0.5) is 5.69 Å². The predicted octanol–water partition coefficient (Wildman–Crippen LogP) is 2.29. The Labute approximate surface area is 133 Å². The number of amides is 1. The number of para-hydroxylation sites is 1. The molecule has 1 aliphatic rings. The van der Waals surface area contributed by atoms with Gasteiger partial charge in [0.2, 0.25) is 5.91 Å². The first-order valence-corrected chi connectivity index (χ1v) is 7.72. The SMILES string of the molecule is O=C(CC1CCCC1)N[C@H](Cc1ccccc1[N+](=O)[O-])C(=O)O. The summed E-state index contributed by atoms with van der Waals surface area (Å²) < 4.78 is 0. The number of aliphatic carboxylic acids is 1. The topological polar surface area (TPSA) is 110 Å². The molecule has 7 heteroatoms. The lowest BCUT2D eigenvalue weighted by Crippen LogP contribution is -2.42. The van der Waals surface area contributed by atoms with Crippen LogP contribution in [0.25, 0.3) is 0 Å². The van der Waals surface area contributed by atoms with E-state index in [1.165, 1.54) is 18.2 Å². The van der Waals surface area contributed by atoms with Crippen LogP contribution in [0.2, 0.25) is 0 Å². The number of benzene rings is 1. The molecule has 1 aromatic carbocycles. The summed E-state index contributed by atoms with van der Waals surface area (Å²) >= 11 is 0. The number of hydrogen-bond donors (Lipinski definition) is 2. The average Bonchev–Trinajstić information content (AvgIpc) is 2.99. The smallest absolute Gasteiger partial charge is 0.326 e. The van der Waals surface area contributed by atoms with Crippen molar-refractivity contribution in [3.05, 3.63) is 39.9 Å². The van der Waals surface area contributed by atoms with E-state index in [1.807, 2.05) is 0 Å². The van der Waals surface area contributed by atoms with Crippen molar-refractivity contribution in [3.63, 3.8) is 0 Å². The Kier molecular flexibility index (Phi) is 5.67. The number of carbonyl (C=O) groups is 2. The van der Waals surface area contributed by atoms with E-state index in [1.54, 1.807) is 6.07 Å². The van der Waals surface area contributed by atoms with Crippen LogP contribution in [-0.4, -0.2) is 27.9 Å². The summed E-state index contributed by atoms with van der Waals surface area (Å²) in [6.07, 6.45) is 4.42. The maximum absolute atomic E-state index is 12.0. The van der Waals surface area contributed by atoms with Crippen molar-refractivity contribution in [3.8, 4) is 0 Å². The predicted molar refractivity (Wildman–Crippen MR) is 82.9 cm³/mol. The Bertz CT molecular complexity index is 596. The van der Waals surface area contributed by atoms with Gasteiger partial charge in [-0.05, 0) is 18.8 Å². The van der Waals surface area contributed by atoms with E-state index in [4.69, 9.17) is 0 Å². The first-order chi connectivity index (χ1) is 11.0. The third kappa shape index (κ3) is 4.77. The van der Waals surface area contributed by atoms with Crippen LogP contribution in [0.5, 0.6) is 0 Å². The Morgan fingerprint density at radius 3 is 2.57 bits per heavy atom. The molecular formula is C16H20N2O5. The van der Waals surface area contributed by atoms with Crippen molar-refractivity contribution in [2.45, 2.75) is 44.6 Å². The third-order valence-corrected chi connectivity index (χ3v) is 4.19. The molecule has 0 bridgehead atoms. The fraction of sp³-hybridized carbons (Fsp3) is 0.500. The Hall–Kier alpha value is -2.44. The summed E-state index contributed by atoms with van der Waals surface area (Å²) in [5.41, 5.74) is 0.162. The van der Waals surface area contributed by atoms with Gasteiger partial charge < -0.3 is 10.4 Å². The summed E-state index contributed by atoms with van der Waals surface area (Å²) in [6, 6.07) is 4.81. The van der Waals surface area contributed by atoms with Crippen molar-refractivity contribution < 1.29 is 19.6 Å². The zero-order valence-corrected chi connectivity index (χ0v) is 12.7. The molecule has 1 saturated carbocycles. The highest BCUT2D eigenvalue weighted by molar-refractivity contribution is 5.84. The summed E-state index contributed by atoms with van der Waals surface area (Å²) in [5, 5.41) is 22.8. The lowest BCUT2D eigenvalue weighted by molar-refractivity contribution is -0.385. The summed E-state index contributed by atoms with van der Waals surface area (Å²) in [6.45, 7) is 0. The summed E-state index contributed by atoms with van der Waals surface area (Å²) in [5.74, 6) is -1.18. The Morgan fingerprint density at radius 1 is 1.30 bits per heavy atom. The van der Waals surface area contributed by atoms with Crippen LogP contribution in [0.3, 0.4) is 0 Å². The number of carboxylic acid groups (broad SMARTS) is 1. The zero-order valence-electron chi connectivity index (χ0n) is 12.7. The largest absolute Gasteiger partial charge is 0.480 e. The summed E-state index contributed by atoms with van der Waals surface area (Å²) in [4.78, 5) is 33.8. The minimum Gasteiger partial charge on any atom is -0.480 e. The average molecular weight is 320 g/mol. The Morgan fingerprint density at radius 2 is 1.96 bits per heavy atom. The molecule has 0 heterocycles. The van der Waals surface area contributed by atoms with Gasteiger partial charge in [0, 0.05) is 24.5 Å². The van der Waals surface area contributed by atoms with Crippen LogP contribution in [-0.2, 0) is 16.0 Å². The normalized spacial score (nSPS) is 16.0. The van der Waals surface area contributed by atoms with Gasteiger partial charge in [-0.1, -0.05) is 31.0 Å². The maximum Gasteiger partial charge on any atom is 0.326 e. The van der Waals surface area contributed by atoms with Gasteiger partial charge >= 0.3 is 5.97 Å². The van der Waals surface area contributed by atoms with Crippen LogP contribution < -0.4 is 5.32 Å². The van der Waals surface area contributed by atoms with Gasteiger partial charge in [-0.3, -0.25) is 14.9 Å². The second-order valence-corrected chi connectivity index (χ2v) is 5.90. The van der Waals surface area contributed by atoms with Crippen molar-refractivity contribution >= 4 is 17.6 Å². The van der Waals surface area contributed by atoms with Crippen molar-refractivity contribution in [1.29, 1.82) is 0 Å². The van der Waals surface area contributed by atoms with Crippen LogP contribution in [0, 0.1) is 16.0 Å². The molecular weight excluding hydrogens is 300 g/mol. The number of nitro benzene ring substituents is 1. The second-order valence-electron chi connectivity index (χ2n) is 5.90. The highest BCUT2D eigenvalue weighted by Gasteiger charge is 2.26. The molecule has 7 nitrogen and oxygen atoms in total. The third-order valence-electron chi connectivity index (χ3n) is 4.19. The number of rotatable bonds is 7. The monoisotopic (exact) mass is 320 g/mol. The van der Waals surface area contributed by atoms with Crippen LogP contribution in [0.1, 0.15) is 37.7 Å². The van der Waals surface area contributed by atoms with Gasteiger partial charge in [-0.15, -0.1) is 0 Å². The minimum absolute atomic E-state index is 0.108. The quantitative estimate of drug-likeness (QED) is 0.591. The van der Waals surface area contributed by atoms with Crippen LogP contribution >= 0.6 is 0 Å². The highest BCUT2D eigenvalue weighted by atomic mass is 16.6. The van der Waals surface area contributed by atoms with E-state index in [0.29, 0.717) is 17.9 Å². The molecule has 23 heavy (non-hydrogen) atoms. The molecule has 124 valence electrons. The number of hydrogen-bond acceptors (Lipinski definition) is 4. The zero-order chi connectivity index (χ0) is 16.8. The number of carbonyl (C=O) groups excluding carboxylic acids is 1. The van der Waals surface area contributed by atoms with Gasteiger partial charge in [0.25, 0.3) is 5.69 Å². The molecule has 1 fully saturated rings. The van der Waals surface area contributed by atoms with Gasteiger partial charge in [0.15, 0.2) is 0 Å². The molecule has 0 radical (unpaired) electrons. The van der Waals surface area contributed by atoms with E-state index in [0.717, 1.165) is 25.7 Å². The van der Waals surface area contributed by atoms with E-state index >= 15 is 0 Å². The van der Waals surface area contributed by atoms with E-state index in [9.17, 15) is 24.8 Å². The fourth-order valence-electron chi connectivity index (χ4n) is 3.01. The molecule has 1 aliphatic carbocycles. The molecule has 1 amide bonds. The molecule has 2 N–H and O–H groups in total. The van der Waals surface area contributed by atoms with Crippen LogP contribution in [0.15, 0.2) is 24.3 Å². The molecule has 2 rings (SSSR count). The minimum atomic E-state index is -1.19. The summed E-state index contributed by atoms with van der Waals surface area (Å²) in [7, 11) is 0. The van der Waals surface area contributed by atoms with Gasteiger partial charge in [0.1, 0.15) is 6.04 Å². The van der Waals surface area contributed by atoms with E-state index in [2.05, 4.69) is 5.32 Å². The second kappa shape index (κ2) is 7.71. The van der Waals surface area contributed by atoms with Crippen molar-refractivity contribution in [2.24, 2.45) is 5.92 Å². The van der Waals surface area contributed by atoms with Gasteiger partial charge in [-0.25, -0.2) is 4.79 Å². The van der Waals surface area contributed by atoms with Gasteiger partial charge in [-0.2, -0.15) is 0 Å². The maximum atomic E-state index is 12.0. The van der Waals surface area contributed by atoms with Crippen molar-refractivity contribution in [2.75, 3.05) is 0 Å². The molecule has 1 atom stereocenters. The molecule has 1 aromatic rings. The fourth-order valence-corrected chi connectivity index (χ4v) is 3.01. The first kappa shape index (κ1) is 16.9. The molecule has 0 unspecified atom stereocenters. The number of nitrogens with zero attached hydrogens (tertiary/aromatic N) is 1. The molecule has 0 aliphatic heterocycles. The van der Waals surface area contributed by atoms with E-state index in [-0.39, 0.29) is 18.0 Å².